The van der Waals surface area contributed by atoms with Crippen molar-refractivity contribution in [2.24, 2.45) is 5.92 Å². The van der Waals surface area contributed by atoms with Crippen molar-refractivity contribution in [2.75, 3.05) is 26.8 Å². The van der Waals surface area contributed by atoms with Gasteiger partial charge >= 0.3 is 5.97 Å². The SMILES string of the molecule is COC(=O)CCNC(=O)[C@H]1CC[C@H]2OCCN(C(=O)c3cn[nH]c3)[C@@H]2C1.O=CO. The molecule has 0 aromatic carbocycles. The number of hydrogen-bond donors (Lipinski definition) is 3. The van der Waals surface area contributed by atoms with E-state index in [2.05, 4.69) is 20.3 Å². The Bertz CT molecular complexity index is 694. The summed E-state index contributed by atoms with van der Waals surface area (Å²) in [5, 5.41) is 16.2. The number of aromatic nitrogens is 2. The van der Waals surface area contributed by atoms with Gasteiger partial charge in [0, 0.05) is 25.2 Å². The Balaban J connectivity index is 0.000000941. The number of carbonyl (C=O) groups is 4. The van der Waals surface area contributed by atoms with Crippen molar-refractivity contribution in [1.82, 2.24) is 20.4 Å². The number of H-pyrrole nitrogens is 1. The molecule has 1 saturated heterocycles. The molecule has 29 heavy (non-hydrogen) atoms. The van der Waals surface area contributed by atoms with Crippen molar-refractivity contribution in [3.05, 3.63) is 18.0 Å². The van der Waals surface area contributed by atoms with E-state index in [1.54, 1.807) is 11.1 Å². The fraction of sp³-hybridized carbons (Fsp3) is 0.611. The van der Waals surface area contributed by atoms with Gasteiger partial charge < -0.3 is 24.8 Å². The van der Waals surface area contributed by atoms with Gasteiger partial charge in [-0.15, -0.1) is 0 Å². The number of nitrogens with zero attached hydrogens (tertiary/aromatic N) is 2. The van der Waals surface area contributed by atoms with Gasteiger partial charge in [-0.05, 0) is 19.3 Å². The van der Waals surface area contributed by atoms with E-state index in [4.69, 9.17) is 14.6 Å². The largest absolute Gasteiger partial charge is 0.483 e. The topological polar surface area (TPSA) is 151 Å². The Labute approximate surface area is 167 Å². The van der Waals surface area contributed by atoms with Crippen LogP contribution in [0.15, 0.2) is 12.4 Å². The lowest BCUT2D eigenvalue weighted by atomic mass is 9.81. The molecule has 1 aliphatic carbocycles. The smallest absolute Gasteiger partial charge is 0.307 e. The lowest BCUT2D eigenvalue weighted by Gasteiger charge is -2.45. The minimum absolute atomic E-state index is 0.0429. The number of ether oxygens (including phenoxy) is 2. The number of carbonyl (C=O) groups excluding carboxylic acids is 3. The molecule has 3 atom stereocenters. The lowest BCUT2D eigenvalue weighted by molar-refractivity contribution is -0.140. The second kappa shape index (κ2) is 11.1. The van der Waals surface area contributed by atoms with Crippen LogP contribution in [0, 0.1) is 5.92 Å². The Morgan fingerprint density at radius 2 is 2.21 bits per heavy atom. The van der Waals surface area contributed by atoms with Crippen LogP contribution in [-0.2, 0) is 23.9 Å². The van der Waals surface area contributed by atoms with Crippen molar-refractivity contribution < 1.29 is 33.8 Å². The molecule has 2 aliphatic rings. The first-order chi connectivity index (χ1) is 14.0. The number of nitrogens with one attached hydrogen (secondary N) is 2. The van der Waals surface area contributed by atoms with Gasteiger partial charge in [0.2, 0.25) is 5.91 Å². The number of hydrogen-bond acceptors (Lipinski definition) is 7. The predicted octanol–water partition coefficient (Wildman–Crippen LogP) is -0.200. The minimum Gasteiger partial charge on any atom is -0.483 e. The fourth-order valence-corrected chi connectivity index (χ4v) is 3.67. The van der Waals surface area contributed by atoms with Crippen molar-refractivity contribution >= 4 is 24.3 Å². The van der Waals surface area contributed by atoms with Gasteiger partial charge in [0.25, 0.3) is 12.4 Å². The van der Waals surface area contributed by atoms with E-state index in [0.717, 1.165) is 6.42 Å². The zero-order valence-electron chi connectivity index (χ0n) is 16.2. The quantitative estimate of drug-likeness (QED) is 0.446. The number of carboxylic acid groups (broad SMARTS) is 1. The van der Waals surface area contributed by atoms with Gasteiger partial charge in [0.05, 0.1) is 44.0 Å². The van der Waals surface area contributed by atoms with Crippen LogP contribution in [0.4, 0.5) is 0 Å². The van der Waals surface area contributed by atoms with E-state index in [1.165, 1.54) is 13.3 Å². The van der Waals surface area contributed by atoms with Crippen LogP contribution in [0.1, 0.15) is 36.0 Å². The molecule has 2 fully saturated rings. The molecule has 0 radical (unpaired) electrons. The third kappa shape index (κ3) is 6.01. The number of amides is 2. The standard InChI is InChI=1S/C17H24N4O5.CH2O2/c1-25-15(22)4-5-18-16(23)11-2-3-14-13(8-11)21(6-7-26-14)17(24)12-9-19-20-10-12;2-1-3/h9-11,13-14H,2-8H2,1H3,(H,18,23)(H,19,20);1H,(H,2,3)/t11-,13+,14+;/m0./s1. The van der Waals surface area contributed by atoms with E-state index in [1.807, 2.05) is 0 Å². The molecule has 0 unspecified atom stereocenters. The summed E-state index contributed by atoms with van der Waals surface area (Å²) < 4.78 is 10.4. The molecule has 1 saturated carbocycles. The van der Waals surface area contributed by atoms with Crippen LogP contribution in [0.5, 0.6) is 0 Å². The Morgan fingerprint density at radius 3 is 2.86 bits per heavy atom. The zero-order valence-corrected chi connectivity index (χ0v) is 16.2. The zero-order chi connectivity index (χ0) is 21.2. The van der Waals surface area contributed by atoms with Crippen molar-refractivity contribution in [1.29, 1.82) is 0 Å². The van der Waals surface area contributed by atoms with Crippen molar-refractivity contribution in [3.63, 3.8) is 0 Å². The average molecular weight is 410 g/mol. The molecule has 0 bridgehead atoms. The maximum absolute atomic E-state index is 12.7. The second-order valence-electron chi connectivity index (χ2n) is 6.69. The molecule has 2 heterocycles. The molecule has 0 spiro atoms. The highest BCUT2D eigenvalue weighted by atomic mass is 16.5. The Morgan fingerprint density at radius 1 is 1.45 bits per heavy atom. The van der Waals surface area contributed by atoms with Gasteiger partial charge in [0.1, 0.15) is 0 Å². The first-order valence-electron chi connectivity index (χ1n) is 9.35. The molecule has 1 aliphatic heterocycles. The first kappa shape index (κ1) is 22.3. The highest BCUT2D eigenvalue weighted by Crippen LogP contribution is 2.33. The van der Waals surface area contributed by atoms with Gasteiger partial charge in [-0.2, -0.15) is 5.10 Å². The third-order valence-electron chi connectivity index (χ3n) is 5.05. The van der Waals surface area contributed by atoms with Crippen LogP contribution in [-0.4, -0.2) is 83.4 Å². The summed E-state index contributed by atoms with van der Waals surface area (Å²) in [5.41, 5.74) is 0.510. The fourth-order valence-electron chi connectivity index (χ4n) is 3.67. The molecule has 1 aromatic rings. The summed E-state index contributed by atoms with van der Waals surface area (Å²) >= 11 is 0. The maximum atomic E-state index is 12.7. The number of fused-ring (bicyclic) bond motifs is 1. The van der Waals surface area contributed by atoms with Gasteiger partial charge in [-0.3, -0.25) is 24.3 Å². The van der Waals surface area contributed by atoms with Crippen LogP contribution in [0.2, 0.25) is 0 Å². The number of methoxy groups -OCH3 is 1. The molecule has 11 heteroatoms. The van der Waals surface area contributed by atoms with Gasteiger partial charge in [-0.1, -0.05) is 0 Å². The molecule has 160 valence electrons. The predicted molar refractivity (Wildman–Crippen MR) is 98.8 cm³/mol. The number of esters is 1. The molecular weight excluding hydrogens is 384 g/mol. The van der Waals surface area contributed by atoms with E-state index in [0.29, 0.717) is 31.6 Å². The average Bonchev–Trinajstić information content (AvgIpc) is 3.27. The summed E-state index contributed by atoms with van der Waals surface area (Å²) in [6.07, 6.45) is 5.18. The van der Waals surface area contributed by atoms with E-state index in [-0.39, 0.29) is 55.3 Å². The normalized spacial score (nSPS) is 23.1. The summed E-state index contributed by atoms with van der Waals surface area (Å²) in [6.45, 7) is 1.01. The van der Waals surface area contributed by atoms with E-state index in [9.17, 15) is 14.4 Å². The Hall–Kier alpha value is -2.95. The first-order valence-corrected chi connectivity index (χ1v) is 9.35. The Kier molecular flexibility index (Phi) is 8.59. The van der Waals surface area contributed by atoms with Crippen LogP contribution in [0.3, 0.4) is 0 Å². The molecule has 3 N–H and O–H groups in total. The molecular formula is C18H26N4O7. The lowest BCUT2D eigenvalue weighted by Crippen LogP contribution is -2.57. The maximum Gasteiger partial charge on any atom is 0.307 e. The highest BCUT2D eigenvalue weighted by molar-refractivity contribution is 5.94. The van der Waals surface area contributed by atoms with Crippen LogP contribution >= 0.6 is 0 Å². The van der Waals surface area contributed by atoms with Crippen LogP contribution in [0.25, 0.3) is 0 Å². The minimum atomic E-state index is -0.355. The van der Waals surface area contributed by atoms with E-state index < -0.39 is 0 Å². The third-order valence-corrected chi connectivity index (χ3v) is 5.05. The monoisotopic (exact) mass is 410 g/mol. The molecule has 3 rings (SSSR count). The van der Waals surface area contributed by atoms with E-state index >= 15 is 0 Å². The highest BCUT2D eigenvalue weighted by Gasteiger charge is 2.42. The summed E-state index contributed by atoms with van der Waals surface area (Å²) in [6, 6.07) is -0.128. The van der Waals surface area contributed by atoms with Crippen LogP contribution < -0.4 is 5.32 Å². The summed E-state index contributed by atoms with van der Waals surface area (Å²) in [4.78, 5) is 46.5. The van der Waals surface area contributed by atoms with Crippen molar-refractivity contribution in [2.45, 2.75) is 37.8 Å². The molecule has 1 aromatic heterocycles. The number of rotatable bonds is 5. The summed E-state index contributed by atoms with van der Waals surface area (Å²) in [5.74, 6) is -0.737. The number of morpholine rings is 1. The van der Waals surface area contributed by atoms with Gasteiger partial charge in [-0.25, -0.2) is 0 Å². The molecule has 2 amide bonds. The van der Waals surface area contributed by atoms with Crippen molar-refractivity contribution in [3.8, 4) is 0 Å². The molecule has 11 nitrogen and oxygen atoms in total. The number of aromatic amines is 1. The summed E-state index contributed by atoms with van der Waals surface area (Å²) in [7, 11) is 1.32. The van der Waals surface area contributed by atoms with Gasteiger partial charge in [0.15, 0.2) is 0 Å². The second-order valence-corrected chi connectivity index (χ2v) is 6.69.